The first kappa shape index (κ1) is 19.0. The van der Waals surface area contributed by atoms with Crippen LogP contribution in [0.4, 0.5) is 0 Å². The molecule has 25 heavy (non-hydrogen) atoms. The number of nitrogens with one attached hydrogen (secondary N) is 1. The normalized spacial score (nSPS) is 11.8. The molecule has 2 aromatic carbocycles. The highest BCUT2D eigenvalue weighted by Crippen LogP contribution is 2.18. The molecule has 1 N–H and O–H groups in total. The number of carbonyl (C=O) groups is 1. The van der Waals surface area contributed by atoms with Crippen LogP contribution < -0.4 is 10.1 Å². The van der Waals surface area contributed by atoms with E-state index in [1.54, 1.807) is 0 Å². The fourth-order valence-corrected chi connectivity index (χ4v) is 2.76. The summed E-state index contributed by atoms with van der Waals surface area (Å²) in [5.74, 6) is 0.717. The maximum Gasteiger partial charge on any atom is 0.261 e. The monoisotopic (exact) mass is 339 g/mol. The average molecular weight is 339 g/mol. The Morgan fingerprint density at radius 3 is 2.56 bits per heavy atom. The summed E-state index contributed by atoms with van der Waals surface area (Å²) in [6.07, 6.45) is 2.10. The van der Waals surface area contributed by atoms with E-state index in [2.05, 4.69) is 50.4 Å². The second kappa shape index (κ2) is 9.26. The van der Waals surface area contributed by atoms with E-state index in [-0.39, 0.29) is 5.91 Å². The smallest absolute Gasteiger partial charge is 0.261 e. The molecule has 0 saturated heterocycles. The number of benzene rings is 2. The van der Waals surface area contributed by atoms with Gasteiger partial charge in [0.15, 0.2) is 6.10 Å². The van der Waals surface area contributed by atoms with Gasteiger partial charge < -0.3 is 10.1 Å². The van der Waals surface area contributed by atoms with Crippen molar-refractivity contribution < 1.29 is 9.53 Å². The SMILES string of the molecule is CC[C@H](Oc1ccc(C)c(C)c1)C(=O)NCCCc1cccc(C)c1. The molecule has 2 rings (SSSR count). The maximum absolute atomic E-state index is 12.4. The molecule has 0 aliphatic rings. The van der Waals surface area contributed by atoms with Crippen LogP contribution >= 0.6 is 0 Å². The predicted molar refractivity (Wildman–Crippen MR) is 103 cm³/mol. The number of hydrogen-bond acceptors (Lipinski definition) is 2. The number of amides is 1. The van der Waals surface area contributed by atoms with Crippen molar-refractivity contribution in [3.05, 3.63) is 64.7 Å². The summed E-state index contributed by atoms with van der Waals surface area (Å²) in [4.78, 5) is 12.4. The molecule has 0 aliphatic heterocycles. The van der Waals surface area contributed by atoms with Gasteiger partial charge in [-0.2, -0.15) is 0 Å². The summed E-state index contributed by atoms with van der Waals surface area (Å²) in [6, 6.07) is 14.4. The Morgan fingerprint density at radius 2 is 1.88 bits per heavy atom. The van der Waals surface area contributed by atoms with Gasteiger partial charge in [0.05, 0.1) is 0 Å². The second-order valence-electron chi connectivity index (χ2n) is 6.64. The van der Waals surface area contributed by atoms with Crippen LogP contribution in [0.15, 0.2) is 42.5 Å². The number of hydrogen-bond donors (Lipinski definition) is 1. The zero-order valence-corrected chi connectivity index (χ0v) is 15.8. The van der Waals surface area contributed by atoms with Crippen LogP contribution in [-0.4, -0.2) is 18.6 Å². The minimum absolute atomic E-state index is 0.0371. The van der Waals surface area contributed by atoms with Crippen molar-refractivity contribution >= 4 is 5.91 Å². The van der Waals surface area contributed by atoms with Gasteiger partial charge >= 0.3 is 0 Å². The standard InChI is InChI=1S/C22H29NO2/c1-5-21(25-20-12-11-17(3)18(4)15-20)22(24)23-13-7-10-19-9-6-8-16(2)14-19/h6,8-9,11-12,14-15,21H,5,7,10,13H2,1-4H3,(H,23,24)/t21-/m0/s1. The lowest BCUT2D eigenvalue weighted by Crippen LogP contribution is -2.38. The predicted octanol–water partition coefficient (Wildman–Crippen LogP) is 4.52. The first-order valence-electron chi connectivity index (χ1n) is 9.06. The van der Waals surface area contributed by atoms with Gasteiger partial charge in [-0.25, -0.2) is 0 Å². The topological polar surface area (TPSA) is 38.3 Å². The molecule has 0 saturated carbocycles. The first-order valence-corrected chi connectivity index (χ1v) is 9.06. The Balaban J connectivity index is 1.80. The number of rotatable bonds is 8. The third-order valence-corrected chi connectivity index (χ3v) is 4.44. The quantitative estimate of drug-likeness (QED) is 0.718. The molecule has 134 valence electrons. The van der Waals surface area contributed by atoms with Gasteiger partial charge in [0.1, 0.15) is 5.75 Å². The van der Waals surface area contributed by atoms with Crippen molar-refractivity contribution in [3.63, 3.8) is 0 Å². The Bertz CT molecular complexity index is 709. The number of ether oxygens (including phenoxy) is 1. The Labute approximate surface area is 151 Å². The average Bonchev–Trinajstić information content (AvgIpc) is 2.59. The maximum atomic E-state index is 12.4. The van der Waals surface area contributed by atoms with Gasteiger partial charge in [-0.1, -0.05) is 42.8 Å². The van der Waals surface area contributed by atoms with E-state index in [1.807, 2.05) is 25.1 Å². The summed E-state index contributed by atoms with van der Waals surface area (Å²) in [5.41, 5.74) is 4.98. The lowest BCUT2D eigenvalue weighted by molar-refractivity contribution is -0.128. The summed E-state index contributed by atoms with van der Waals surface area (Å²) >= 11 is 0. The van der Waals surface area contributed by atoms with Crippen molar-refractivity contribution in [2.75, 3.05) is 6.54 Å². The molecule has 0 spiro atoms. The molecule has 1 atom stereocenters. The van der Waals surface area contributed by atoms with E-state index >= 15 is 0 Å². The van der Waals surface area contributed by atoms with Crippen LogP contribution in [0.2, 0.25) is 0 Å². The van der Waals surface area contributed by atoms with E-state index in [0.29, 0.717) is 13.0 Å². The van der Waals surface area contributed by atoms with Crippen molar-refractivity contribution in [1.29, 1.82) is 0 Å². The largest absolute Gasteiger partial charge is 0.481 e. The van der Waals surface area contributed by atoms with Crippen molar-refractivity contribution in [3.8, 4) is 5.75 Å². The van der Waals surface area contributed by atoms with Crippen LogP contribution in [0.3, 0.4) is 0 Å². The van der Waals surface area contributed by atoms with Crippen LogP contribution in [0.25, 0.3) is 0 Å². The number of aryl methyl sites for hydroxylation is 4. The molecule has 0 aliphatic carbocycles. The van der Waals surface area contributed by atoms with E-state index in [1.165, 1.54) is 22.3 Å². The van der Waals surface area contributed by atoms with Crippen molar-refractivity contribution in [1.82, 2.24) is 5.32 Å². The summed E-state index contributed by atoms with van der Waals surface area (Å²) in [6.45, 7) is 8.85. The Morgan fingerprint density at radius 1 is 1.08 bits per heavy atom. The molecular weight excluding hydrogens is 310 g/mol. The molecular formula is C22H29NO2. The lowest BCUT2D eigenvalue weighted by Gasteiger charge is -2.18. The van der Waals surface area contributed by atoms with E-state index in [4.69, 9.17) is 4.74 Å². The van der Waals surface area contributed by atoms with Crippen LogP contribution in [-0.2, 0) is 11.2 Å². The minimum Gasteiger partial charge on any atom is -0.481 e. The fraction of sp³-hybridized carbons (Fsp3) is 0.409. The third-order valence-electron chi connectivity index (χ3n) is 4.44. The van der Waals surface area contributed by atoms with E-state index < -0.39 is 6.10 Å². The zero-order valence-electron chi connectivity index (χ0n) is 15.8. The van der Waals surface area contributed by atoms with Crippen molar-refractivity contribution in [2.24, 2.45) is 0 Å². The zero-order chi connectivity index (χ0) is 18.2. The van der Waals surface area contributed by atoms with Gasteiger partial charge in [0.25, 0.3) is 5.91 Å². The molecule has 0 unspecified atom stereocenters. The molecule has 1 amide bonds. The molecule has 2 aromatic rings. The second-order valence-corrected chi connectivity index (χ2v) is 6.64. The third kappa shape index (κ3) is 5.93. The van der Waals surface area contributed by atoms with E-state index in [9.17, 15) is 4.79 Å². The van der Waals surface area contributed by atoms with Gasteiger partial charge in [-0.05, 0) is 68.9 Å². The van der Waals surface area contributed by atoms with Crippen LogP contribution in [0, 0.1) is 20.8 Å². The van der Waals surface area contributed by atoms with Gasteiger partial charge in [0.2, 0.25) is 0 Å². The highest BCUT2D eigenvalue weighted by Gasteiger charge is 2.17. The summed E-state index contributed by atoms with van der Waals surface area (Å²) in [5, 5.41) is 3.00. The van der Waals surface area contributed by atoms with Gasteiger partial charge in [-0.15, -0.1) is 0 Å². The van der Waals surface area contributed by atoms with Crippen molar-refractivity contribution in [2.45, 2.75) is 53.1 Å². The highest BCUT2D eigenvalue weighted by atomic mass is 16.5. The summed E-state index contributed by atoms with van der Waals surface area (Å²) in [7, 11) is 0. The van der Waals surface area contributed by atoms with Crippen LogP contribution in [0.5, 0.6) is 5.75 Å². The molecule has 0 heterocycles. The molecule has 0 radical (unpaired) electrons. The summed E-state index contributed by atoms with van der Waals surface area (Å²) < 4.78 is 5.88. The Kier molecular flexibility index (Phi) is 7.05. The van der Waals surface area contributed by atoms with Gasteiger partial charge in [0, 0.05) is 6.54 Å². The number of carbonyl (C=O) groups excluding carboxylic acids is 1. The first-order chi connectivity index (χ1) is 12.0. The lowest BCUT2D eigenvalue weighted by atomic mass is 10.1. The molecule has 0 fully saturated rings. The van der Waals surface area contributed by atoms with E-state index in [0.717, 1.165) is 18.6 Å². The fourth-order valence-electron chi connectivity index (χ4n) is 2.76. The van der Waals surface area contributed by atoms with Crippen LogP contribution in [0.1, 0.15) is 42.0 Å². The molecule has 0 bridgehead atoms. The minimum atomic E-state index is -0.443. The van der Waals surface area contributed by atoms with Gasteiger partial charge in [-0.3, -0.25) is 4.79 Å². The molecule has 3 nitrogen and oxygen atoms in total. The highest BCUT2D eigenvalue weighted by molar-refractivity contribution is 5.81. The Hall–Kier alpha value is -2.29. The molecule has 0 aromatic heterocycles. The molecule has 3 heteroatoms.